The third-order valence-corrected chi connectivity index (χ3v) is 2.91. The van der Waals surface area contributed by atoms with Gasteiger partial charge in [-0.1, -0.05) is 20.8 Å². The highest BCUT2D eigenvalue weighted by molar-refractivity contribution is 5.48. The van der Waals surface area contributed by atoms with Gasteiger partial charge in [-0.2, -0.15) is 4.98 Å². The van der Waals surface area contributed by atoms with Gasteiger partial charge >= 0.3 is 0 Å². The summed E-state index contributed by atoms with van der Waals surface area (Å²) in [5.41, 5.74) is 0.772. The van der Waals surface area contributed by atoms with Crippen LogP contribution in [0, 0.1) is 6.92 Å². The summed E-state index contributed by atoms with van der Waals surface area (Å²) in [6, 6.07) is 0. The summed E-state index contributed by atoms with van der Waals surface area (Å²) in [5, 5.41) is 3.09. The van der Waals surface area contributed by atoms with Crippen molar-refractivity contribution in [2.75, 3.05) is 45.9 Å². The number of aromatic nitrogens is 2. The summed E-state index contributed by atoms with van der Waals surface area (Å²) < 4.78 is 16.0. The first-order chi connectivity index (χ1) is 9.90. The second-order valence-electron chi connectivity index (χ2n) is 5.78. The first-order valence-electron chi connectivity index (χ1n) is 7.16. The molecule has 6 heteroatoms. The summed E-state index contributed by atoms with van der Waals surface area (Å²) in [6.07, 6.45) is 0. The van der Waals surface area contributed by atoms with Crippen LogP contribution in [0.3, 0.4) is 0 Å². The first kappa shape index (κ1) is 17.7. The van der Waals surface area contributed by atoms with Crippen LogP contribution in [0.15, 0.2) is 0 Å². The van der Waals surface area contributed by atoms with Crippen LogP contribution in [0.2, 0.25) is 0 Å². The molecule has 0 fully saturated rings. The van der Waals surface area contributed by atoms with Gasteiger partial charge in [-0.25, -0.2) is 4.98 Å². The number of nitrogens with zero attached hydrogens (tertiary/aromatic N) is 2. The normalized spacial score (nSPS) is 11.5. The van der Waals surface area contributed by atoms with Gasteiger partial charge in [0.15, 0.2) is 0 Å². The van der Waals surface area contributed by atoms with Crippen molar-refractivity contribution in [2.45, 2.75) is 33.1 Å². The van der Waals surface area contributed by atoms with E-state index in [1.54, 1.807) is 7.11 Å². The summed E-state index contributed by atoms with van der Waals surface area (Å²) in [5.74, 6) is 2.16. The third kappa shape index (κ3) is 5.47. The molecule has 0 saturated carbocycles. The van der Waals surface area contributed by atoms with E-state index in [0.29, 0.717) is 32.3 Å². The second kappa shape index (κ2) is 8.14. The molecule has 1 aromatic heterocycles. The summed E-state index contributed by atoms with van der Waals surface area (Å²) in [6.45, 7) is 10.3. The Balaban J connectivity index is 2.72. The Bertz CT molecular complexity index is 445. The Hall–Kier alpha value is -1.40. The van der Waals surface area contributed by atoms with E-state index in [4.69, 9.17) is 14.2 Å². The highest BCUT2D eigenvalue weighted by Crippen LogP contribution is 2.27. The molecule has 1 heterocycles. The van der Waals surface area contributed by atoms with Gasteiger partial charge in [0, 0.05) is 19.6 Å². The molecule has 1 aromatic rings. The van der Waals surface area contributed by atoms with E-state index in [1.807, 2.05) is 14.0 Å². The number of hydrogen-bond donors (Lipinski definition) is 1. The monoisotopic (exact) mass is 297 g/mol. The van der Waals surface area contributed by atoms with Gasteiger partial charge in [0.2, 0.25) is 5.88 Å². The predicted molar refractivity (Wildman–Crippen MR) is 83.2 cm³/mol. The molecule has 0 aromatic carbocycles. The molecular formula is C15H27N3O3. The van der Waals surface area contributed by atoms with Gasteiger partial charge in [0.25, 0.3) is 0 Å². The van der Waals surface area contributed by atoms with Crippen molar-refractivity contribution in [1.29, 1.82) is 0 Å². The fourth-order valence-corrected chi connectivity index (χ4v) is 1.66. The Morgan fingerprint density at radius 1 is 1.05 bits per heavy atom. The predicted octanol–water partition coefficient (Wildman–Crippen LogP) is 2.17. The van der Waals surface area contributed by atoms with Crippen molar-refractivity contribution in [2.24, 2.45) is 0 Å². The van der Waals surface area contributed by atoms with Crippen LogP contribution < -0.4 is 10.1 Å². The Labute approximate surface area is 127 Å². The molecule has 120 valence electrons. The van der Waals surface area contributed by atoms with Crippen molar-refractivity contribution in [3.8, 4) is 5.88 Å². The van der Waals surface area contributed by atoms with Crippen molar-refractivity contribution in [3.63, 3.8) is 0 Å². The van der Waals surface area contributed by atoms with Crippen LogP contribution in [0.1, 0.15) is 32.2 Å². The molecular weight excluding hydrogens is 270 g/mol. The number of anilines is 1. The molecule has 1 rings (SSSR count). The fraction of sp³-hybridized carbons (Fsp3) is 0.733. The SMILES string of the molecule is CNc1nc(C(C)(C)C)nc(OCCOCCOC)c1C. The lowest BCUT2D eigenvalue weighted by Crippen LogP contribution is -2.19. The van der Waals surface area contributed by atoms with E-state index in [2.05, 4.69) is 36.1 Å². The molecule has 0 amide bonds. The minimum atomic E-state index is -0.133. The quantitative estimate of drug-likeness (QED) is 0.742. The minimum absolute atomic E-state index is 0.133. The fourth-order valence-electron chi connectivity index (χ4n) is 1.66. The highest BCUT2D eigenvalue weighted by Gasteiger charge is 2.21. The van der Waals surface area contributed by atoms with Crippen molar-refractivity contribution >= 4 is 5.82 Å². The Morgan fingerprint density at radius 2 is 1.71 bits per heavy atom. The van der Waals surface area contributed by atoms with Gasteiger partial charge in [0.1, 0.15) is 18.2 Å². The average molecular weight is 297 g/mol. The molecule has 0 aliphatic heterocycles. The number of nitrogens with one attached hydrogen (secondary N) is 1. The number of ether oxygens (including phenoxy) is 3. The summed E-state index contributed by atoms with van der Waals surface area (Å²) >= 11 is 0. The number of methoxy groups -OCH3 is 1. The molecule has 0 aliphatic carbocycles. The molecule has 0 spiro atoms. The standard InChI is InChI=1S/C15H27N3O3/c1-11-12(16-5)17-14(15(2,3)4)18-13(11)21-10-9-20-8-7-19-6/h7-10H2,1-6H3,(H,16,17,18). The topological polar surface area (TPSA) is 65.5 Å². The van der Waals surface area contributed by atoms with E-state index in [-0.39, 0.29) is 5.41 Å². The van der Waals surface area contributed by atoms with Gasteiger partial charge < -0.3 is 19.5 Å². The summed E-state index contributed by atoms with van der Waals surface area (Å²) in [4.78, 5) is 9.07. The molecule has 1 N–H and O–H groups in total. The van der Waals surface area contributed by atoms with E-state index in [9.17, 15) is 0 Å². The number of hydrogen-bond acceptors (Lipinski definition) is 6. The van der Waals surface area contributed by atoms with Gasteiger partial charge in [-0.15, -0.1) is 0 Å². The van der Waals surface area contributed by atoms with Crippen LogP contribution in [-0.4, -0.2) is 50.6 Å². The second-order valence-corrected chi connectivity index (χ2v) is 5.78. The number of rotatable bonds is 8. The molecule has 6 nitrogen and oxygen atoms in total. The zero-order valence-electron chi connectivity index (χ0n) is 13.9. The maximum absolute atomic E-state index is 5.74. The molecule has 0 bridgehead atoms. The Kier molecular flexibility index (Phi) is 6.84. The largest absolute Gasteiger partial charge is 0.475 e. The molecule has 0 aliphatic rings. The molecule has 21 heavy (non-hydrogen) atoms. The molecule has 0 saturated heterocycles. The maximum Gasteiger partial charge on any atom is 0.221 e. The van der Waals surface area contributed by atoms with E-state index < -0.39 is 0 Å². The van der Waals surface area contributed by atoms with Crippen LogP contribution in [-0.2, 0) is 14.9 Å². The van der Waals surface area contributed by atoms with Gasteiger partial charge in [-0.05, 0) is 6.92 Å². The van der Waals surface area contributed by atoms with E-state index in [0.717, 1.165) is 17.2 Å². The zero-order valence-corrected chi connectivity index (χ0v) is 13.9. The summed E-state index contributed by atoms with van der Waals surface area (Å²) in [7, 11) is 3.50. The maximum atomic E-state index is 5.74. The van der Waals surface area contributed by atoms with Crippen LogP contribution in [0.25, 0.3) is 0 Å². The van der Waals surface area contributed by atoms with Gasteiger partial charge in [-0.3, -0.25) is 0 Å². The molecule has 0 radical (unpaired) electrons. The average Bonchev–Trinajstić information content (AvgIpc) is 2.43. The van der Waals surface area contributed by atoms with E-state index in [1.165, 1.54) is 0 Å². The van der Waals surface area contributed by atoms with Crippen LogP contribution in [0.4, 0.5) is 5.82 Å². The molecule has 0 atom stereocenters. The highest BCUT2D eigenvalue weighted by atomic mass is 16.5. The van der Waals surface area contributed by atoms with E-state index >= 15 is 0 Å². The van der Waals surface area contributed by atoms with Crippen LogP contribution in [0.5, 0.6) is 5.88 Å². The third-order valence-electron chi connectivity index (χ3n) is 2.91. The Morgan fingerprint density at radius 3 is 2.29 bits per heavy atom. The minimum Gasteiger partial charge on any atom is -0.475 e. The van der Waals surface area contributed by atoms with Gasteiger partial charge in [0.05, 0.1) is 25.4 Å². The smallest absolute Gasteiger partial charge is 0.221 e. The first-order valence-corrected chi connectivity index (χ1v) is 7.16. The van der Waals surface area contributed by atoms with Crippen molar-refractivity contribution in [3.05, 3.63) is 11.4 Å². The van der Waals surface area contributed by atoms with Crippen molar-refractivity contribution < 1.29 is 14.2 Å². The van der Waals surface area contributed by atoms with Crippen molar-refractivity contribution in [1.82, 2.24) is 9.97 Å². The zero-order chi connectivity index (χ0) is 15.9. The lowest BCUT2D eigenvalue weighted by molar-refractivity contribution is 0.0534. The molecule has 0 unspecified atom stereocenters. The van der Waals surface area contributed by atoms with Crippen LogP contribution >= 0.6 is 0 Å². The lowest BCUT2D eigenvalue weighted by atomic mass is 9.95. The lowest BCUT2D eigenvalue weighted by Gasteiger charge is -2.20.